The molecule has 2 aliphatic carbocycles. The van der Waals surface area contributed by atoms with Gasteiger partial charge < -0.3 is 9.47 Å². The second-order valence-electron chi connectivity index (χ2n) is 7.96. The zero-order chi connectivity index (χ0) is 22.0. The van der Waals surface area contributed by atoms with E-state index in [4.69, 9.17) is 9.47 Å². The van der Waals surface area contributed by atoms with Gasteiger partial charge in [0.2, 0.25) is 0 Å². The average molecular weight is 418 g/mol. The summed E-state index contributed by atoms with van der Waals surface area (Å²) in [5, 5.41) is 0. The molecule has 4 rings (SSSR count). The number of fused-ring (bicyclic) bond motifs is 2. The third-order valence-corrected chi connectivity index (χ3v) is 6.43. The topological polar surface area (TPSA) is 69.7 Å². The first-order chi connectivity index (χ1) is 15.1. The largest absolute Gasteiger partial charge is 0.463 e. The van der Waals surface area contributed by atoms with E-state index < -0.39 is 11.9 Å². The molecule has 2 aliphatic rings. The fourth-order valence-corrected chi connectivity index (χ4v) is 5.35. The fourth-order valence-electron chi connectivity index (χ4n) is 5.35. The van der Waals surface area contributed by atoms with Crippen LogP contribution in [0, 0.1) is 11.8 Å². The van der Waals surface area contributed by atoms with Crippen LogP contribution in [0.3, 0.4) is 0 Å². The predicted octanol–water partition coefficient (Wildman–Crippen LogP) is 4.44. The molecule has 0 aromatic heterocycles. The first-order valence-electron chi connectivity index (χ1n) is 10.8. The van der Waals surface area contributed by atoms with Crippen molar-refractivity contribution in [3.05, 3.63) is 82.4 Å². The maximum absolute atomic E-state index is 12.9. The molecule has 0 N–H and O–H groups in total. The maximum atomic E-state index is 12.9. The number of benzene rings is 2. The Labute approximate surface area is 182 Å². The Kier molecular flexibility index (Phi) is 6.03. The summed E-state index contributed by atoms with van der Waals surface area (Å²) in [7, 11) is 0. The molecule has 2 aromatic carbocycles. The summed E-state index contributed by atoms with van der Waals surface area (Å²) in [5.74, 6) is -1.08. The lowest BCUT2D eigenvalue weighted by Gasteiger charge is -2.34. The van der Waals surface area contributed by atoms with E-state index in [-0.39, 0.29) is 36.9 Å². The fraction of sp³-hybridized carbons (Fsp3) is 0.346. The zero-order valence-electron chi connectivity index (χ0n) is 17.7. The first kappa shape index (κ1) is 21.0. The van der Waals surface area contributed by atoms with E-state index >= 15 is 0 Å². The van der Waals surface area contributed by atoms with Gasteiger partial charge in [0.25, 0.3) is 0 Å². The van der Waals surface area contributed by atoms with Gasteiger partial charge in [-0.25, -0.2) is 9.59 Å². The summed E-state index contributed by atoms with van der Waals surface area (Å²) < 4.78 is 10.7. The van der Waals surface area contributed by atoms with Crippen LogP contribution in [0.25, 0.3) is 0 Å². The van der Waals surface area contributed by atoms with Crippen LogP contribution in [0.5, 0.6) is 0 Å². The molecule has 0 radical (unpaired) electrons. The van der Waals surface area contributed by atoms with E-state index in [2.05, 4.69) is 12.1 Å². The highest BCUT2D eigenvalue weighted by atomic mass is 16.5. The second-order valence-corrected chi connectivity index (χ2v) is 7.96. The summed E-state index contributed by atoms with van der Waals surface area (Å²) in [6.45, 7) is 4.03. The van der Waals surface area contributed by atoms with Crippen molar-refractivity contribution in [1.82, 2.24) is 0 Å². The van der Waals surface area contributed by atoms with Gasteiger partial charge in [-0.15, -0.1) is 0 Å². The smallest absolute Gasteiger partial charge is 0.334 e. The summed E-state index contributed by atoms with van der Waals surface area (Å²) >= 11 is 0. The van der Waals surface area contributed by atoms with Crippen LogP contribution in [-0.2, 0) is 19.1 Å². The zero-order valence-corrected chi connectivity index (χ0v) is 17.7. The number of aldehydes is 1. The lowest BCUT2D eigenvalue weighted by Crippen LogP contribution is -2.29. The number of carbonyl (C=O) groups excluding carboxylic acids is 3. The summed E-state index contributed by atoms with van der Waals surface area (Å²) in [4.78, 5) is 37.0. The van der Waals surface area contributed by atoms with Crippen molar-refractivity contribution in [3.8, 4) is 0 Å². The molecule has 2 aromatic rings. The van der Waals surface area contributed by atoms with Gasteiger partial charge in [-0.2, -0.15) is 0 Å². The van der Waals surface area contributed by atoms with Crippen LogP contribution < -0.4 is 0 Å². The number of rotatable bonds is 7. The van der Waals surface area contributed by atoms with Crippen molar-refractivity contribution in [1.29, 1.82) is 0 Å². The number of hydrogen-bond donors (Lipinski definition) is 0. The van der Waals surface area contributed by atoms with E-state index in [0.717, 1.165) is 17.4 Å². The quantitative estimate of drug-likeness (QED) is 0.491. The molecular weight excluding hydrogens is 392 g/mol. The van der Waals surface area contributed by atoms with E-state index in [9.17, 15) is 14.4 Å². The summed E-state index contributed by atoms with van der Waals surface area (Å²) in [6.07, 6.45) is 1.52. The Balaban J connectivity index is 1.86. The van der Waals surface area contributed by atoms with Crippen LogP contribution in [-0.4, -0.2) is 31.4 Å². The molecule has 0 spiro atoms. The van der Waals surface area contributed by atoms with Crippen LogP contribution in [0.2, 0.25) is 0 Å². The Morgan fingerprint density at radius 1 is 0.806 bits per heavy atom. The Morgan fingerprint density at radius 2 is 1.29 bits per heavy atom. The first-order valence-corrected chi connectivity index (χ1v) is 10.8. The number of esters is 2. The second kappa shape index (κ2) is 8.88. The lowest BCUT2D eigenvalue weighted by atomic mass is 9.70. The number of carbonyl (C=O) groups is 3. The van der Waals surface area contributed by atoms with Crippen molar-refractivity contribution in [3.63, 3.8) is 0 Å². The Hall–Kier alpha value is -3.21. The van der Waals surface area contributed by atoms with Gasteiger partial charge in [0.05, 0.1) is 24.4 Å². The molecule has 4 atom stereocenters. The van der Waals surface area contributed by atoms with Gasteiger partial charge in [0, 0.05) is 5.56 Å². The highest BCUT2D eigenvalue weighted by Crippen LogP contribution is 2.63. The van der Waals surface area contributed by atoms with Crippen molar-refractivity contribution in [2.75, 3.05) is 13.2 Å². The summed E-state index contributed by atoms with van der Waals surface area (Å²) in [6, 6.07) is 17.6. The third kappa shape index (κ3) is 3.69. The highest BCUT2D eigenvalue weighted by Gasteiger charge is 2.57. The van der Waals surface area contributed by atoms with E-state index in [1.165, 1.54) is 0 Å². The van der Waals surface area contributed by atoms with Gasteiger partial charge in [-0.05, 0) is 55.1 Å². The molecule has 0 amide bonds. The molecule has 2 bridgehead atoms. The molecule has 0 saturated heterocycles. The van der Waals surface area contributed by atoms with Crippen LogP contribution in [0.15, 0.2) is 65.7 Å². The lowest BCUT2D eigenvalue weighted by molar-refractivity contribution is -0.142. The molecule has 0 heterocycles. The number of hydrogen-bond acceptors (Lipinski definition) is 5. The van der Waals surface area contributed by atoms with Crippen molar-refractivity contribution >= 4 is 18.2 Å². The Bertz CT molecular complexity index is 1010. The monoisotopic (exact) mass is 418 g/mol. The maximum Gasteiger partial charge on any atom is 0.334 e. The van der Waals surface area contributed by atoms with Gasteiger partial charge in [0.1, 0.15) is 6.29 Å². The van der Waals surface area contributed by atoms with E-state index in [1.54, 1.807) is 26.0 Å². The van der Waals surface area contributed by atoms with Crippen LogP contribution in [0.4, 0.5) is 0 Å². The van der Waals surface area contributed by atoms with Gasteiger partial charge >= 0.3 is 11.9 Å². The number of ether oxygens (including phenoxy) is 2. The molecule has 5 heteroatoms. The SMILES string of the molecule is CCOC(=O)C1=C(C(=O)OCC)[C@@H]2C[C@H]1[C@@H](c1ccccc1)[C@H]2c1ccc(C=O)cc1. The minimum Gasteiger partial charge on any atom is -0.463 e. The Morgan fingerprint density at radius 3 is 1.74 bits per heavy atom. The van der Waals surface area contributed by atoms with Gasteiger partial charge in [-0.1, -0.05) is 54.6 Å². The molecule has 1 saturated carbocycles. The molecule has 0 aliphatic heterocycles. The van der Waals surface area contributed by atoms with Crippen molar-refractivity contribution in [2.24, 2.45) is 11.8 Å². The van der Waals surface area contributed by atoms with Gasteiger partial charge in [0.15, 0.2) is 0 Å². The molecule has 5 nitrogen and oxygen atoms in total. The van der Waals surface area contributed by atoms with E-state index in [0.29, 0.717) is 23.1 Å². The standard InChI is InChI=1S/C26H26O5/c1-3-30-25(28)23-19-14-20(24(23)26(29)31-4-2)22(18-12-10-16(15-27)11-13-18)21(19)17-8-6-5-7-9-17/h5-13,15,19-22H,3-4,14H2,1-2H3/t19-,20+,21+,22-/m0/s1. The van der Waals surface area contributed by atoms with Crippen LogP contribution in [0.1, 0.15) is 53.6 Å². The minimum absolute atomic E-state index is 0.00526. The predicted molar refractivity (Wildman–Crippen MR) is 116 cm³/mol. The molecule has 1 fully saturated rings. The third-order valence-electron chi connectivity index (χ3n) is 6.43. The molecule has 160 valence electrons. The van der Waals surface area contributed by atoms with Crippen molar-refractivity contribution < 1.29 is 23.9 Å². The summed E-state index contributed by atoms with van der Waals surface area (Å²) in [5.41, 5.74) is 3.72. The van der Waals surface area contributed by atoms with Crippen LogP contribution >= 0.6 is 0 Å². The van der Waals surface area contributed by atoms with Crippen molar-refractivity contribution in [2.45, 2.75) is 32.1 Å². The van der Waals surface area contributed by atoms with E-state index in [1.807, 2.05) is 30.3 Å². The average Bonchev–Trinajstić information content (AvgIpc) is 3.36. The molecule has 31 heavy (non-hydrogen) atoms. The normalized spacial score (nSPS) is 24.2. The molecule has 0 unspecified atom stereocenters. The molecular formula is C26H26O5. The minimum atomic E-state index is -0.431. The highest BCUT2D eigenvalue weighted by molar-refractivity contribution is 6.03. The van der Waals surface area contributed by atoms with Gasteiger partial charge in [-0.3, -0.25) is 4.79 Å².